The molecule has 0 radical (unpaired) electrons. The summed E-state index contributed by atoms with van der Waals surface area (Å²) >= 11 is 1.39. The number of hydrogen-bond acceptors (Lipinski definition) is 5. The van der Waals surface area contributed by atoms with E-state index in [-0.39, 0.29) is 17.1 Å². The van der Waals surface area contributed by atoms with Crippen LogP contribution in [0.5, 0.6) is 0 Å². The standard InChI is InChI=1S/C14H18N4OS/c1-9(2)18-14(15-16-17-18)20-11(4)13(19)12-7-5-10(3)6-8-12/h5-9,11H,1-4H3. The van der Waals surface area contributed by atoms with Crippen LogP contribution >= 0.6 is 11.8 Å². The molecule has 1 aromatic heterocycles. The average Bonchev–Trinajstić information content (AvgIpc) is 2.87. The number of carbonyl (C=O) groups is 1. The predicted molar refractivity (Wildman–Crippen MR) is 79.0 cm³/mol. The fourth-order valence-corrected chi connectivity index (χ4v) is 2.75. The van der Waals surface area contributed by atoms with Gasteiger partial charge in [0, 0.05) is 5.56 Å². The maximum atomic E-state index is 12.4. The molecule has 5 nitrogen and oxygen atoms in total. The molecule has 0 saturated heterocycles. The smallest absolute Gasteiger partial charge is 0.210 e. The molecular weight excluding hydrogens is 272 g/mol. The number of rotatable bonds is 5. The second-order valence-corrected chi connectivity index (χ2v) is 6.30. The molecule has 1 aromatic carbocycles. The summed E-state index contributed by atoms with van der Waals surface area (Å²) in [7, 11) is 0. The van der Waals surface area contributed by atoms with Gasteiger partial charge in [-0.15, -0.1) is 5.10 Å². The van der Waals surface area contributed by atoms with E-state index in [1.807, 2.05) is 52.0 Å². The topological polar surface area (TPSA) is 60.7 Å². The van der Waals surface area contributed by atoms with E-state index < -0.39 is 0 Å². The van der Waals surface area contributed by atoms with Crippen LogP contribution in [0.25, 0.3) is 0 Å². The van der Waals surface area contributed by atoms with Crippen molar-refractivity contribution < 1.29 is 4.79 Å². The Morgan fingerprint density at radius 3 is 2.45 bits per heavy atom. The number of aryl methyl sites for hydroxylation is 1. The first-order chi connectivity index (χ1) is 9.49. The zero-order chi connectivity index (χ0) is 14.7. The summed E-state index contributed by atoms with van der Waals surface area (Å²) in [4.78, 5) is 12.4. The lowest BCUT2D eigenvalue weighted by atomic mass is 10.1. The van der Waals surface area contributed by atoms with E-state index in [0.717, 1.165) is 11.1 Å². The third kappa shape index (κ3) is 3.25. The second-order valence-electron chi connectivity index (χ2n) is 4.99. The van der Waals surface area contributed by atoms with Crippen molar-refractivity contribution in [2.24, 2.45) is 0 Å². The molecule has 2 aromatic rings. The van der Waals surface area contributed by atoms with Gasteiger partial charge in [0.05, 0.1) is 11.3 Å². The highest BCUT2D eigenvalue weighted by molar-refractivity contribution is 8.00. The molecular formula is C14H18N4OS. The van der Waals surface area contributed by atoms with E-state index in [4.69, 9.17) is 0 Å². The molecule has 0 fully saturated rings. The summed E-state index contributed by atoms with van der Waals surface area (Å²) in [6.07, 6.45) is 0. The number of Topliss-reactive ketones (excluding diaryl/α,β-unsaturated/α-hetero) is 1. The molecule has 6 heteroatoms. The first-order valence-electron chi connectivity index (χ1n) is 6.54. The van der Waals surface area contributed by atoms with Crippen LogP contribution in [0, 0.1) is 6.92 Å². The van der Waals surface area contributed by atoms with Crippen molar-refractivity contribution in [1.82, 2.24) is 20.2 Å². The van der Waals surface area contributed by atoms with Crippen LogP contribution in [0.3, 0.4) is 0 Å². The van der Waals surface area contributed by atoms with E-state index in [1.54, 1.807) is 4.68 Å². The first kappa shape index (κ1) is 14.7. The number of ketones is 1. The summed E-state index contributed by atoms with van der Waals surface area (Å²) in [5.74, 6) is 0.0910. The third-order valence-corrected chi connectivity index (χ3v) is 3.99. The molecule has 0 aliphatic heterocycles. The predicted octanol–water partition coefficient (Wildman–Crippen LogP) is 2.93. The molecule has 106 valence electrons. The quantitative estimate of drug-likeness (QED) is 0.626. The van der Waals surface area contributed by atoms with Gasteiger partial charge in [-0.3, -0.25) is 4.79 Å². The first-order valence-corrected chi connectivity index (χ1v) is 7.42. The van der Waals surface area contributed by atoms with E-state index >= 15 is 0 Å². The maximum Gasteiger partial charge on any atom is 0.210 e. The molecule has 1 heterocycles. The van der Waals surface area contributed by atoms with Crippen molar-refractivity contribution in [2.45, 2.75) is 44.1 Å². The van der Waals surface area contributed by atoms with E-state index in [1.165, 1.54) is 11.8 Å². The number of hydrogen-bond donors (Lipinski definition) is 0. The molecule has 1 unspecified atom stereocenters. The van der Waals surface area contributed by atoms with E-state index in [0.29, 0.717) is 5.16 Å². The minimum atomic E-state index is -0.221. The maximum absolute atomic E-state index is 12.4. The van der Waals surface area contributed by atoms with Crippen molar-refractivity contribution >= 4 is 17.5 Å². The zero-order valence-corrected chi connectivity index (χ0v) is 12.9. The van der Waals surface area contributed by atoms with Crippen molar-refractivity contribution in [3.05, 3.63) is 35.4 Å². The molecule has 0 N–H and O–H groups in total. The fourth-order valence-electron chi connectivity index (χ4n) is 1.75. The van der Waals surface area contributed by atoms with Gasteiger partial charge >= 0.3 is 0 Å². The Kier molecular flexibility index (Phi) is 4.54. The Morgan fingerprint density at radius 1 is 1.20 bits per heavy atom. The molecule has 0 bridgehead atoms. The molecule has 0 amide bonds. The van der Waals surface area contributed by atoms with Crippen molar-refractivity contribution in [2.75, 3.05) is 0 Å². The number of nitrogens with zero attached hydrogens (tertiary/aromatic N) is 4. The normalized spacial score (nSPS) is 12.7. The molecule has 1 atom stereocenters. The highest BCUT2D eigenvalue weighted by Crippen LogP contribution is 2.25. The van der Waals surface area contributed by atoms with Crippen molar-refractivity contribution in [1.29, 1.82) is 0 Å². The number of thioether (sulfide) groups is 1. The Bertz CT molecular complexity index is 591. The highest BCUT2D eigenvalue weighted by Gasteiger charge is 2.20. The van der Waals surface area contributed by atoms with Gasteiger partial charge in [0.1, 0.15) is 0 Å². The Morgan fingerprint density at radius 2 is 1.85 bits per heavy atom. The Hall–Kier alpha value is -1.69. The van der Waals surface area contributed by atoms with Crippen LogP contribution in [-0.4, -0.2) is 31.2 Å². The van der Waals surface area contributed by atoms with Gasteiger partial charge in [-0.25, -0.2) is 4.68 Å². The summed E-state index contributed by atoms with van der Waals surface area (Å²) in [5, 5.41) is 12.0. The minimum Gasteiger partial charge on any atom is -0.293 e. The summed E-state index contributed by atoms with van der Waals surface area (Å²) in [5.41, 5.74) is 1.87. The van der Waals surface area contributed by atoms with Crippen LogP contribution in [0.2, 0.25) is 0 Å². The SMILES string of the molecule is Cc1ccc(C(=O)C(C)Sc2nnnn2C(C)C)cc1. The monoisotopic (exact) mass is 290 g/mol. The second kappa shape index (κ2) is 6.17. The molecule has 0 spiro atoms. The van der Waals surface area contributed by atoms with Gasteiger partial charge in [0.2, 0.25) is 5.16 Å². The van der Waals surface area contributed by atoms with Crippen LogP contribution in [0.15, 0.2) is 29.4 Å². The molecule has 0 aliphatic rings. The summed E-state index contributed by atoms with van der Waals surface area (Å²) < 4.78 is 1.73. The van der Waals surface area contributed by atoms with Crippen molar-refractivity contribution in [3.8, 4) is 0 Å². The van der Waals surface area contributed by atoms with Gasteiger partial charge in [-0.05, 0) is 38.1 Å². The summed E-state index contributed by atoms with van der Waals surface area (Å²) in [6, 6.07) is 7.79. The number of aromatic nitrogens is 4. The minimum absolute atomic E-state index is 0.0910. The molecule has 20 heavy (non-hydrogen) atoms. The lowest BCUT2D eigenvalue weighted by Crippen LogP contribution is -2.15. The Labute approximate surface area is 122 Å². The van der Waals surface area contributed by atoms with E-state index in [9.17, 15) is 4.79 Å². The Balaban J connectivity index is 2.11. The number of tetrazole rings is 1. The van der Waals surface area contributed by atoms with Crippen molar-refractivity contribution in [3.63, 3.8) is 0 Å². The van der Waals surface area contributed by atoms with E-state index in [2.05, 4.69) is 15.5 Å². The lowest BCUT2D eigenvalue weighted by molar-refractivity contribution is 0.0994. The van der Waals surface area contributed by atoms with Gasteiger partial charge in [-0.2, -0.15) is 0 Å². The average molecular weight is 290 g/mol. The molecule has 0 aliphatic carbocycles. The van der Waals surface area contributed by atoms with Crippen LogP contribution in [0.1, 0.15) is 42.7 Å². The fraction of sp³-hybridized carbons (Fsp3) is 0.429. The van der Waals surface area contributed by atoms with Gasteiger partial charge < -0.3 is 0 Å². The summed E-state index contributed by atoms with van der Waals surface area (Å²) in [6.45, 7) is 7.90. The van der Waals surface area contributed by atoms with Crippen LogP contribution in [0.4, 0.5) is 0 Å². The largest absolute Gasteiger partial charge is 0.293 e. The van der Waals surface area contributed by atoms with Gasteiger partial charge in [0.25, 0.3) is 0 Å². The van der Waals surface area contributed by atoms with Gasteiger partial charge in [0.15, 0.2) is 5.78 Å². The zero-order valence-electron chi connectivity index (χ0n) is 12.1. The third-order valence-electron chi connectivity index (χ3n) is 2.94. The number of carbonyl (C=O) groups excluding carboxylic acids is 1. The lowest BCUT2D eigenvalue weighted by Gasteiger charge is -2.11. The highest BCUT2D eigenvalue weighted by atomic mass is 32.2. The van der Waals surface area contributed by atoms with Gasteiger partial charge in [-0.1, -0.05) is 41.6 Å². The molecule has 0 saturated carbocycles. The van der Waals surface area contributed by atoms with Crippen LogP contribution < -0.4 is 0 Å². The molecule has 2 rings (SSSR count). The number of benzene rings is 1. The van der Waals surface area contributed by atoms with Crippen LogP contribution in [-0.2, 0) is 0 Å².